The molecule has 0 aliphatic rings. The van der Waals surface area contributed by atoms with Gasteiger partial charge in [0.1, 0.15) is 0 Å². The number of hydrogen-bond donors (Lipinski definition) is 0. The number of nitrogens with zero attached hydrogens (tertiary/aromatic N) is 1. The summed E-state index contributed by atoms with van der Waals surface area (Å²) in [5, 5.41) is 2.47. The first-order chi connectivity index (χ1) is 32.2. The number of rotatable bonds is 10. The van der Waals surface area contributed by atoms with E-state index in [1.165, 1.54) is 83.1 Å². The third-order valence-corrected chi connectivity index (χ3v) is 12.5. The molecule has 1 nitrogen and oxygen atoms in total. The molecule has 0 aromatic heterocycles. The van der Waals surface area contributed by atoms with E-state index in [1.54, 1.807) is 0 Å². The molecule has 11 aromatic carbocycles. The van der Waals surface area contributed by atoms with Crippen molar-refractivity contribution in [1.29, 1.82) is 0 Å². The molecule has 11 aromatic rings. The van der Waals surface area contributed by atoms with E-state index in [9.17, 15) is 0 Å². The van der Waals surface area contributed by atoms with Gasteiger partial charge in [-0.1, -0.05) is 212 Å². The average Bonchev–Trinajstić information content (AvgIpc) is 3.40. The van der Waals surface area contributed by atoms with E-state index in [0.29, 0.717) is 0 Å². The zero-order chi connectivity index (χ0) is 43.4. The van der Waals surface area contributed by atoms with Crippen LogP contribution >= 0.6 is 0 Å². The van der Waals surface area contributed by atoms with E-state index in [4.69, 9.17) is 0 Å². The van der Waals surface area contributed by atoms with Gasteiger partial charge < -0.3 is 4.90 Å². The van der Waals surface area contributed by atoms with E-state index >= 15 is 0 Å². The van der Waals surface area contributed by atoms with Gasteiger partial charge >= 0.3 is 0 Å². The van der Waals surface area contributed by atoms with Crippen molar-refractivity contribution in [3.63, 3.8) is 0 Å². The Balaban J connectivity index is 1.00. The number of fused-ring (bicyclic) bond motifs is 1. The lowest BCUT2D eigenvalue weighted by atomic mass is 9.89. The van der Waals surface area contributed by atoms with Crippen LogP contribution in [0.15, 0.2) is 273 Å². The lowest BCUT2D eigenvalue weighted by Gasteiger charge is -2.26. The van der Waals surface area contributed by atoms with E-state index < -0.39 is 0 Å². The van der Waals surface area contributed by atoms with Crippen LogP contribution < -0.4 is 4.90 Å². The Morgan fingerprint density at radius 2 is 0.538 bits per heavy atom. The molecule has 0 saturated heterocycles. The predicted molar refractivity (Wildman–Crippen MR) is 277 cm³/mol. The zero-order valence-electron chi connectivity index (χ0n) is 35.9. The van der Waals surface area contributed by atoms with Crippen LogP contribution in [0.25, 0.3) is 88.7 Å². The maximum Gasteiger partial charge on any atom is 0.0462 e. The predicted octanol–water partition coefficient (Wildman–Crippen LogP) is 18.0. The van der Waals surface area contributed by atoms with Crippen LogP contribution in [0.4, 0.5) is 17.1 Å². The molecule has 306 valence electrons. The quantitative estimate of drug-likeness (QED) is 0.133. The SMILES string of the molecule is c1ccc(-c2cccc(-c3ccc(N(c4ccc(-c5cc(-c6ccccc6)cc(-c6ccccc6)c5)cc4)c4ccc(-c5c(-c6ccccc6)ccc6ccccc56)cc4)cc3)c2)cc1. The molecule has 0 atom stereocenters. The second-order valence-electron chi connectivity index (χ2n) is 16.5. The van der Waals surface area contributed by atoms with E-state index in [1.807, 2.05) is 0 Å². The van der Waals surface area contributed by atoms with Crippen molar-refractivity contribution in [3.05, 3.63) is 273 Å². The van der Waals surface area contributed by atoms with Gasteiger partial charge in [-0.2, -0.15) is 0 Å². The van der Waals surface area contributed by atoms with Crippen LogP contribution in [0.5, 0.6) is 0 Å². The molecule has 0 bridgehead atoms. The van der Waals surface area contributed by atoms with Gasteiger partial charge in [0.25, 0.3) is 0 Å². The fourth-order valence-electron chi connectivity index (χ4n) is 9.17. The highest BCUT2D eigenvalue weighted by Crippen LogP contribution is 2.42. The molecule has 0 radical (unpaired) electrons. The van der Waals surface area contributed by atoms with Crippen LogP contribution in [-0.4, -0.2) is 0 Å². The maximum atomic E-state index is 2.37. The molecule has 0 aliphatic heterocycles. The molecule has 0 aliphatic carbocycles. The smallest absolute Gasteiger partial charge is 0.0462 e. The Morgan fingerprint density at radius 3 is 1.02 bits per heavy atom. The third kappa shape index (κ3) is 8.16. The summed E-state index contributed by atoms with van der Waals surface area (Å²) in [5.41, 5.74) is 20.0. The van der Waals surface area contributed by atoms with Crippen LogP contribution in [0.3, 0.4) is 0 Å². The minimum absolute atomic E-state index is 1.08. The monoisotopic (exact) mass is 827 g/mol. The van der Waals surface area contributed by atoms with Gasteiger partial charge in [0.2, 0.25) is 0 Å². The lowest BCUT2D eigenvalue weighted by molar-refractivity contribution is 1.28. The molecule has 11 rings (SSSR count). The Hall–Kier alpha value is -8.52. The Kier molecular flexibility index (Phi) is 10.7. The summed E-state index contributed by atoms with van der Waals surface area (Å²) < 4.78 is 0. The zero-order valence-corrected chi connectivity index (χ0v) is 35.9. The molecule has 0 heterocycles. The van der Waals surface area contributed by atoms with E-state index in [2.05, 4.69) is 278 Å². The summed E-state index contributed by atoms with van der Waals surface area (Å²) in [6.07, 6.45) is 0. The van der Waals surface area contributed by atoms with Gasteiger partial charge in [-0.05, 0) is 149 Å². The van der Waals surface area contributed by atoms with Crippen LogP contribution in [0.1, 0.15) is 0 Å². The van der Waals surface area contributed by atoms with Crippen LogP contribution in [0.2, 0.25) is 0 Å². The fourth-order valence-corrected chi connectivity index (χ4v) is 9.17. The molecule has 0 fully saturated rings. The largest absolute Gasteiger partial charge is 0.311 e. The molecule has 0 N–H and O–H groups in total. The lowest BCUT2D eigenvalue weighted by Crippen LogP contribution is -2.09. The normalized spacial score (nSPS) is 11.1. The second-order valence-corrected chi connectivity index (χ2v) is 16.5. The molecular weight excluding hydrogens is 783 g/mol. The molecule has 0 amide bonds. The molecule has 0 saturated carbocycles. The summed E-state index contributed by atoms with van der Waals surface area (Å²) in [4.78, 5) is 2.37. The highest BCUT2D eigenvalue weighted by atomic mass is 15.1. The van der Waals surface area contributed by atoms with Gasteiger partial charge in [0, 0.05) is 17.1 Å². The van der Waals surface area contributed by atoms with Crippen molar-refractivity contribution in [2.45, 2.75) is 0 Å². The van der Waals surface area contributed by atoms with Gasteiger partial charge in [-0.15, -0.1) is 0 Å². The summed E-state index contributed by atoms with van der Waals surface area (Å²) in [6, 6.07) is 98.8. The first kappa shape index (κ1) is 39.3. The second kappa shape index (κ2) is 17.7. The maximum absolute atomic E-state index is 2.37. The highest BCUT2D eigenvalue weighted by molar-refractivity contribution is 6.04. The number of benzene rings is 11. The standard InChI is InChI=1S/C64H45N/c1-5-16-46(17-6-1)54-25-15-26-55(42-54)49-28-35-59(36-29-49)65(61-39-32-53(33-40-61)64-62-27-14-13-24-52(62)34-41-63(64)51-22-11-4-12-23-51)60-37-30-50(31-38-60)58-44-56(47-18-7-2-8-19-47)43-57(45-58)48-20-9-3-10-21-48/h1-45H. The third-order valence-electron chi connectivity index (χ3n) is 12.5. The van der Waals surface area contributed by atoms with Gasteiger partial charge in [-0.25, -0.2) is 0 Å². The highest BCUT2D eigenvalue weighted by Gasteiger charge is 2.17. The molecule has 0 spiro atoms. The molecule has 65 heavy (non-hydrogen) atoms. The van der Waals surface area contributed by atoms with Crippen molar-refractivity contribution >= 4 is 27.8 Å². The molecule has 0 unspecified atom stereocenters. The van der Waals surface area contributed by atoms with E-state index in [0.717, 1.165) is 22.6 Å². The van der Waals surface area contributed by atoms with Crippen molar-refractivity contribution in [1.82, 2.24) is 0 Å². The first-order valence-corrected chi connectivity index (χ1v) is 22.3. The minimum atomic E-state index is 1.08. The van der Waals surface area contributed by atoms with Crippen molar-refractivity contribution in [2.75, 3.05) is 4.90 Å². The summed E-state index contributed by atoms with van der Waals surface area (Å²) in [7, 11) is 0. The summed E-state index contributed by atoms with van der Waals surface area (Å²) >= 11 is 0. The van der Waals surface area contributed by atoms with Gasteiger partial charge in [0.05, 0.1) is 0 Å². The molecule has 1 heteroatoms. The average molecular weight is 828 g/mol. The topological polar surface area (TPSA) is 3.24 Å². The summed E-state index contributed by atoms with van der Waals surface area (Å²) in [5.74, 6) is 0. The Morgan fingerprint density at radius 1 is 0.200 bits per heavy atom. The minimum Gasteiger partial charge on any atom is -0.311 e. The molecular formula is C64H45N. The fraction of sp³-hybridized carbons (Fsp3) is 0. The van der Waals surface area contributed by atoms with Crippen molar-refractivity contribution < 1.29 is 0 Å². The van der Waals surface area contributed by atoms with Gasteiger partial charge in [0.15, 0.2) is 0 Å². The van der Waals surface area contributed by atoms with Crippen LogP contribution in [-0.2, 0) is 0 Å². The van der Waals surface area contributed by atoms with Crippen molar-refractivity contribution in [3.8, 4) is 77.9 Å². The van der Waals surface area contributed by atoms with Crippen LogP contribution in [0, 0.1) is 0 Å². The van der Waals surface area contributed by atoms with Gasteiger partial charge in [-0.3, -0.25) is 0 Å². The Labute approximate surface area is 381 Å². The number of hydrogen-bond acceptors (Lipinski definition) is 1. The summed E-state index contributed by atoms with van der Waals surface area (Å²) in [6.45, 7) is 0. The Bertz CT molecular complexity index is 3300. The first-order valence-electron chi connectivity index (χ1n) is 22.3. The number of anilines is 3. The van der Waals surface area contributed by atoms with Crippen molar-refractivity contribution in [2.24, 2.45) is 0 Å². The van der Waals surface area contributed by atoms with E-state index in [-0.39, 0.29) is 0 Å².